The second-order valence-electron chi connectivity index (χ2n) is 4.96. The molecular formula is C17H18FNO3. The van der Waals surface area contributed by atoms with E-state index in [1.54, 1.807) is 37.3 Å². The molecule has 0 aliphatic rings. The van der Waals surface area contributed by atoms with Crippen molar-refractivity contribution in [3.8, 4) is 5.75 Å². The second-order valence-corrected chi connectivity index (χ2v) is 4.96. The number of carboxylic acids is 1. The third-order valence-corrected chi connectivity index (χ3v) is 3.26. The van der Waals surface area contributed by atoms with Crippen LogP contribution in [0.25, 0.3) is 0 Å². The van der Waals surface area contributed by atoms with E-state index < -0.39 is 12.0 Å². The largest absolute Gasteiger partial charge is 0.489 e. The van der Waals surface area contributed by atoms with Crippen molar-refractivity contribution >= 4 is 5.97 Å². The van der Waals surface area contributed by atoms with Gasteiger partial charge in [-0.3, -0.25) is 4.79 Å². The number of carboxylic acid groups (broad SMARTS) is 1. The molecule has 1 atom stereocenters. The smallest absolute Gasteiger partial charge is 0.320 e. The molecule has 4 nitrogen and oxygen atoms in total. The van der Waals surface area contributed by atoms with Gasteiger partial charge in [-0.2, -0.15) is 0 Å². The molecule has 0 heterocycles. The molecule has 0 amide bonds. The Morgan fingerprint density at radius 3 is 2.55 bits per heavy atom. The second kappa shape index (κ2) is 7.56. The Bertz CT molecular complexity index is 628. The zero-order valence-electron chi connectivity index (χ0n) is 12.3. The first-order chi connectivity index (χ1) is 10.6. The molecule has 0 bridgehead atoms. The number of rotatable bonds is 7. The fraction of sp³-hybridized carbons (Fsp3) is 0.235. The standard InChI is InChI=1S/C17H18FNO3/c1-12(17(20)21)19-10-13-6-8-15(9-7-13)22-11-14-4-2-3-5-16(14)18/h2-9,12,19H,10-11H2,1H3,(H,20,21)/t12-/m0/s1. The molecule has 0 fully saturated rings. The average Bonchev–Trinajstić information content (AvgIpc) is 2.52. The first-order valence-electron chi connectivity index (χ1n) is 6.97. The molecule has 0 aliphatic heterocycles. The van der Waals surface area contributed by atoms with Crippen LogP contribution in [0.3, 0.4) is 0 Å². The molecule has 2 rings (SSSR count). The quantitative estimate of drug-likeness (QED) is 0.825. The van der Waals surface area contributed by atoms with Crippen molar-refractivity contribution < 1.29 is 19.0 Å². The summed E-state index contributed by atoms with van der Waals surface area (Å²) in [6.07, 6.45) is 0. The van der Waals surface area contributed by atoms with Crippen LogP contribution in [-0.4, -0.2) is 17.1 Å². The summed E-state index contributed by atoms with van der Waals surface area (Å²) in [7, 11) is 0. The lowest BCUT2D eigenvalue weighted by Crippen LogP contribution is -2.33. The van der Waals surface area contributed by atoms with E-state index in [-0.39, 0.29) is 12.4 Å². The van der Waals surface area contributed by atoms with Crippen LogP contribution in [0.1, 0.15) is 18.1 Å². The number of halogens is 1. The number of benzene rings is 2. The number of hydrogen-bond donors (Lipinski definition) is 2. The topological polar surface area (TPSA) is 58.6 Å². The van der Waals surface area contributed by atoms with E-state index in [9.17, 15) is 9.18 Å². The molecular weight excluding hydrogens is 285 g/mol. The van der Waals surface area contributed by atoms with Crippen molar-refractivity contribution in [1.82, 2.24) is 5.32 Å². The zero-order valence-corrected chi connectivity index (χ0v) is 12.3. The predicted octanol–water partition coefficient (Wildman–Crippen LogP) is 2.97. The minimum Gasteiger partial charge on any atom is -0.489 e. The van der Waals surface area contributed by atoms with Gasteiger partial charge in [-0.25, -0.2) is 4.39 Å². The number of ether oxygens (including phenoxy) is 1. The van der Waals surface area contributed by atoms with Crippen LogP contribution in [0.2, 0.25) is 0 Å². The van der Waals surface area contributed by atoms with Gasteiger partial charge in [-0.05, 0) is 30.7 Å². The van der Waals surface area contributed by atoms with E-state index in [2.05, 4.69) is 5.32 Å². The minimum absolute atomic E-state index is 0.167. The first-order valence-corrected chi connectivity index (χ1v) is 6.97. The third kappa shape index (κ3) is 4.56. The fourth-order valence-corrected chi connectivity index (χ4v) is 1.84. The summed E-state index contributed by atoms with van der Waals surface area (Å²) in [5.74, 6) is -0.533. The van der Waals surface area contributed by atoms with Crippen LogP contribution >= 0.6 is 0 Å². The van der Waals surface area contributed by atoms with Gasteiger partial charge >= 0.3 is 5.97 Å². The highest BCUT2D eigenvalue weighted by Crippen LogP contribution is 2.15. The maximum atomic E-state index is 13.5. The predicted molar refractivity (Wildman–Crippen MR) is 81.1 cm³/mol. The SMILES string of the molecule is C[C@H](NCc1ccc(OCc2ccccc2F)cc1)C(=O)O. The summed E-state index contributed by atoms with van der Waals surface area (Å²) in [5.41, 5.74) is 1.45. The minimum atomic E-state index is -0.884. The Morgan fingerprint density at radius 2 is 1.91 bits per heavy atom. The Morgan fingerprint density at radius 1 is 1.23 bits per heavy atom. The van der Waals surface area contributed by atoms with Crippen LogP contribution in [0.15, 0.2) is 48.5 Å². The van der Waals surface area contributed by atoms with Gasteiger partial charge in [0.2, 0.25) is 0 Å². The van der Waals surface area contributed by atoms with Gasteiger partial charge in [0.1, 0.15) is 24.2 Å². The van der Waals surface area contributed by atoms with E-state index in [1.807, 2.05) is 12.1 Å². The van der Waals surface area contributed by atoms with Gasteiger partial charge in [-0.1, -0.05) is 30.3 Å². The lowest BCUT2D eigenvalue weighted by Gasteiger charge is -2.10. The van der Waals surface area contributed by atoms with Crippen molar-refractivity contribution in [3.63, 3.8) is 0 Å². The fourth-order valence-electron chi connectivity index (χ4n) is 1.84. The molecule has 116 valence electrons. The first kappa shape index (κ1) is 16.0. The van der Waals surface area contributed by atoms with Gasteiger partial charge in [0, 0.05) is 12.1 Å². The highest BCUT2D eigenvalue weighted by Gasteiger charge is 2.09. The molecule has 2 N–H and O–H groups in total. The molecule has 0 unspecified atom stereocenters. The Kier molecular flexibility index (Phi) is 5.49. The monoisotopic (exact) mass is 303 g/mol. The van der Waals surface area contributed by atoms with Gasteiger partial charge in [-0.15, -0.1) is 0 Å². The van der Waals surface area contributed by atoms with Crippen LogP contribution in [-0.2, 0) is 17.9 Å². The molecule has 22 heavy (non-hydrogen) atoms. The summed E-state index contributed by atoms with van der Waals surface area (Å²) < 4.78 is 19.0. The highest BCUT2D eigenvalue weighted by molar-refractivity contribution is 5.72. The van der Waals surface area contributed by atoms with E-state index in [4.69, 9.17) is 9.84 Å². The normalized spacial score (nSPS) is 11.9. The maximum Gasteiger partial charge on any atom is 0.320 e. The Labute approximate surface area is 128 Å². The summed E-state index contributed by atoms with van der Waals surface area (Å²) >= 11 is 0. The lowest BCUT2D eigenvalue weighted by atomic mass is 10.2. The van der Waals surface area contributed by atoms with Crippen LogP contribution < -0.4 is 10.1 Å². The molecule has 0 aromatic heterocycles. The third-order valence-electron chi connectivity index (χ3n) is 3.26. The Hall–Kier alpha value is -2.40. The van der Waals surface area contributed by atoms with E-state index in [1.165, 1.54) is 6.07 Å². The summed E-state index contributed by atoms with van der Waals surface area (Å²) in [6, 6.07) is 13.1. The van der Waals surface area contributed by atoms with Crippen molar-refractivity contribution in [2.75, 3.05) is 0 Å². The van der Waals surface area contributed by atoms with Crippen LogP contribution in [0.4, 0.5) is 4.39 Å². The summed E-state index contributed by atoms with van der Waals surface area (Å²) in [4.78, 5) is 10.7. The number of hydrogen-bond acceptors (Lipinski definition) is 3. The number of carbonyl (C=O) groups is 1. The van der Waals surface area contributed by atoms with Crippen molar-refractivity contribution in [2.24, 2.45) is 0 Å². The number of aliphatic carboxylic acids is 1. The lowest BCUT2D eigenvalue weighted by molar-refractivity contribution is -0.139. The average molecular weight is 303 g/mol. The van der Waals surface area contributed by atoms with E-state index >= 15 is 0 Å². The summed E-state index contributed by atoms with van der Waals surface area (Å²) in [5, 5.41) is 11.7. The maximum absolute atomic E-state index is 13.5. The molecule has 0 saturated carbocycles. The van der Waals surface area contributed by atoms with Crippen LogP contribution in [0.5, 0.6) is 5.75 Å². The van der Waals surface area contributed by atoms with Crippen LogP contribution in [0, 0.1) is 5.82 Å². The van der Waals surface area contributed by atoms with Gasteiger partial charge < -0.3 is 15.2 Å². The van der Waals surface area contributed by atoms with Crippen molar-refractivity contribution in [3.05, 3.63) is 65.5 Å². The summed E-state index contributed by atoms with van der Waals surface area (Å²) in [6.45, 7) is 2.22. The number of nitrogens with one attached hydrogen (secondary N) is 1. The van der Waals surface area contributed by atoms with Gasteiger partial charge in [0.15, 0.2) is 0 Å². The van der Waals surface area contributed by atoms with Crippen molar-refractivity contribution in [1.29, 1.82) is 0 Å². The molecule has 0 aliphatic carbocycles. The van der Waals surface area contributed by atoms with Gasteiger partial charge in [0.25, 0.3) is 0 Å². The van der Waals surface area contributed by atoms with Gasteiger partial charge in [0.05, 0.1) is 0 Å². The highest BCUT2D eigenvalue weighted by atomic mass is 19.1. The Balaban J connectivity index is 1.87. The molecule has 5 heteroatoms. The molecule has 2 aromatic carbocycles. The molecule has 2 aromatic rings. The molecule has 0 spiro atoms. The zero-order chi connectivity index (χ0) is 15.9. The van der Waals surface area contributed by atoms with Crippen molar-refractivity contribution in [2.45, 2.75) is 26.1 Å². The van der Waals surface area contributed by atoms with E-state index in [0.717, 1.165) is 5.56 Å². The van der Waals surface area contributed by atoms with E-state index in [0.29, 0.717) is 17.9 Å². The molecule has 0 radical (unpaired) electrons. The molecule has 0 saturated heterocycles.